The molecule has 1 atom stereocenters. The Bertz CT molecular complexity index is 700. The van der Waals surface area contributed by atoms with Crippen LogP contribution in [0.4, 0.5) is 5.82 Å². The first kappa shape index (κ1) is 15.3. The Balaban J connectivity index is 1.62. The van der Waals surface area contributed by atoms with Gasteiger partial charge in [-0.25, -0.2) is 0 Å². The number of hydrogen-bond acceptors (Lipinski definition) is 7. The van der Waals surface area contributed by atoms with Crippen LogP contribution in [-0.2, 0) is 0 Å². The van der Waals surface area contributed by atoms with E-state index in [1.54, 1.807) is 30.3 Å². The molecule has 1 amide bonds. The molecular formula is C15H19N5O3. The molecule has 0 bridgehead atoms. The molecule has 3 rings (SSSR count). The summed E-state index contributed by atoms with van der Waals surface area (Å²) in [6.45, 7) is 2.88. The molecular weight excluding hydrogens is 298 g/mol. The van der Waals surface area contributed by atoms with Gasteiger partial charge in [0.1, 0.15) is 11.9 Å². The van der Waals surface area contributed by atoms with E-state index in [1.165, 1.54) is 0 Å². The third kappa shape index (κ3) is 3.41. The molecule has 0 spiro atoms. The highest BCUT2D eigenvalue weighted by molar-refractivity contribution is 5.92. The fraction of sp³-hybridized carbons (Fsp3) is 0.467. The van der Waals surface area contributed by atoms with E-state index < -0.39 is 0 Å². The number of nitrogens with zero attached hydrogens (tertiary/aromatic N) is 5. The van der Waals surface area contributed by atoms with Gasteiger partial charge in [-0.3, -0.25) is 9.78 Å². The van der Waals surface area contributed by atoms with Gasteiger partial charge in [0.25, 0.3) is 5.91 Å². The van der Waals surface area contributed by atoms with Gasteiger partial charge in [-0.05, 0) is 6.92 Å². The van der Waals surface area contributed by atoms with Gasteiger partial charge in [0.05, 0.1) is 18.9 Å². The Hall–Kier alpha value is -2.64. The minimum absolute atomic E-state index is 0.0985. The molecule has 3 heterocycles. The van der Waals surface area contributed by atoms with Crippen LogP contribution in [0, 0.1) is 6.92 Å². The molecule has 1 aliphatic heterocycles. The maximum Gasteiger partial charge on any atom is 0.276 e. The lowest BCUT2D eigenvalue weighted by Gasteiger charge is -2.16. The van der Waals surface area contributed by atoms with E-state index in [1.807, 2.05) is 19.0 Å². The Morgan fingerprint density at radius 2 is 2.26 bits per heavy atom. The Morgan fingerprint density at radius 1 is 1.43 bits per heavy atom. The summed E-state index contributed by atoms with van der Waals surface area (Å²) in [6, 6.07) is 1.64. The average Bonchev–Trinajstić information content (AvgIpc) is 3.16. The van der Waals surface area contributed by atoms with Gasteiger partial charge in [-0.1, -0.05) is 5.16 Å². The van der Waals surface area contributed by atoms with Gasteiger partial charge in [0, 0.05) is 33.1 Å². The Kier molecular flexibility index (Phi) is 4.14. The van der Waals surface area contributed by atoms with Crippen LogP contribution in [0.1, 0.15) is 22.7 Å². The zero-order chi connectivity index (χ0) is 16.4. The van der Waals surface area contributed by atoms with Crippen molar-refractivity contribution in [3.05, 3.63) is 29.9 Å². The van der Waals surface area contributed by atoms with Gasteiger partial charge >= 0.3 is 0 Å². The lowest BCUT2D eigenvalue weighted by atomic mass is 10.3. The summed E-state index contributed by atoms with van der Waals surface area (Å²) in [7, 11) is 3.79. The molecule has 0 aliphatic carbocycles. The van der Waals surface area contributed by atoms with Crippen LogP contribution in [0.3, 0.4) is 0 Å². The summed E-state index contributed by atoms with van der Waals surface area (Å²) in [5.74, 6) is 1.68. The summed E-state index contributed by atoms with van der Waals surface area (Å²) in [6.07, 6.45) is 3.90. The molecule has 122 valence electrons. The van der Waals surface area contributed by atoms with Gasteiger partial charge < -0.3 is 19.1 Å². The fourth-order valence-electron chi connectivity index (χ4n) is 2.42. The first-order chi connectivity index (χ1) is 11.0. The first-order valence-corrected chi connectivity index (χ1v) is 7.41. The largest absolute Gasteiger partial charge is 0.471 e. The van der Waals surface area contributed by atoms with Gasteiger partial charge in [0.15, 0.2) is 11.5 Å². The number of carbonyl (C=O) groups is 1. The second kappa shape index (κ2) is 6.23. The third-order valence-corrected chi connectivity index (χ3v) is 3.62. The smallest absolute Gasteiger partial charge is 0.276 e. The van der Waals surface area contributed by atoms with Crippen LogP contribution in [0.5, 0.6) is 5.88 Å². The van der Waals surface area contributed by atoms with Gasteiger partial charge in [-0.2, -0.15) is 4.98 Å². The first-order valence-electron chi connectivity index (χ1n) is 7.41. The molecule has 0 aromatic carbocycles. The molecule has 1 aliphatic rings. The molecule has 1 saturated heterocycles. The van der Waals surface area contributed by atoms with E-state index in [9.17, 15) is 4.79 Å². The van der Waals surface area contributed by atoms with Crippen molar-refractivity contribution >= 4 is 11.7 Å². The van der Waals surface area contributed by atoms with Crippen molar-refractivity contribution in [3.8, 4) is 5.88 Å². The van der Waals surface area contributed by atoms with Crippen LogP contribution in [0.2, 0.25) is 0 Å². The van der Waals surface area contributed by atoms with E-state index in [0.29, 0.717) is 30.4 Å². The van der Waals surface area contributed by atoms with E-state index in [-0.39, 0.29) is 12.0 Å². The van der Waals surface area contributed by atoms with Crippen LogP contribution in [-0.4, -0.2) is 59.2 Å². The Labute approximate surface area is 134 Å². The van der Waals surface area contributed by atoms with Crippen molar-refractivity contribution < 1.29 is 14.1 Å². The zero-order valence-electron chi connectivity index (χ0n) is 13.4. The molecule has 0 N–H and O–H groups in total. The number of anilines is 1. The minimum atomic E-state index is -0.138. The highest BCUT2D eigenvalue weighted by Gasteiger charge is 2.30. The van der Waals surface area contributed by atoms with Crippen molar-refractivity contribution in [1.82, 2.24) is 20.0 Å². The highest BCUT2D eigenvalue weighted by atomic mass is 16.5. The molecule has 0 radical (unpaired) electrons. The van der Waals surface area contributed by atoms with Crippen LogP contribution in [0.15, 0.2) is 23.0 Å². The van der Waals surface area contributed by atoms with Crippen molar-refractivity contribution in [1.29, 1.82) is 0 Å². The van der Waals surface area contributed by atoms with E-state index in [2.05, 4.69) is 15.1 Å². The fourth-order valence-corrected chi connectivity index (χ4v) is 2.42. The van der Waals surface area contributed by atoms with Crippen molar-refractivity contribution in [2.75, 3.05) is 32.1 Å². The van der Waals surface area contributed by atoms with Crippen LogP contribution in [0.25, 0.3) is 0 Å². The molecule has 2 aromatic rings. The molecule has 23 heavy (non-hydrogen) atoms. The number of likely N-dealkylation sites (tertiary alicyclic amines) is 1. The Morgan fingerprint density at radius 3 is 2.96 bits per heavy atom. The molecule has 1 fully saturated rings. The van der Waals surface area contributed by atoms with Crippen molar-refractivity contribution in [3.63, 3.8) is 0 Å². The average molecular weight is 317 g/mol. The normalized spacial score (nSPS) is 17.3. The molecule has 8 heteroatoms. The van der Waals surface area contributed by atoms with E-state index >= 15 is 0 Å². The number of rotatable bonds is 4. The van der Waals surface area contributed by atoms with E-state index in [4.69, 9.17) is 9.26 Å². The third-order valence-electron chi connectivity index (χ3n) is 3.62. The quantitative estimate of drug-likeness (QED) is 0.835. The number of amides is 1. The predicted octanol–water partition coefficient (Wildman–Crippen LogP) is 1.13. The summed E-state index contributed by atoms with van der Waals surface area (Å²) in [5.41, 5.74) is 0.331. The summed E-state index contributed by atoms with van der Waals surface area (Å²) in [4.78, 5) is 24.4. The number of hydrogen-bond donors (Lipinski definition) is 0. The van der Waals surface area contributed by atoms with E-state index in [0.717, 1.165) is 12.2 Å². The maximum atomic E-state index is 12.3. The minimum Gasteiger partial charge on any atom is -0.471 e. The van der Waals surface area contributed by atoms with Gasteiger partial charge in [-0.15, -0.1) is 0 Å². The second-order valence-corrected chi connectivity index (χ2v) is 5.71. The summed E-state index contributed by atoms with van der Waals surface area (Å²) >= 11 is 0. The number of carbonyl (C=O) groups excluding carboxylic acids is 1. The summed E-state index contributed by atoms with van der Waals surface area (Å²) in [5, 5.41) is 3.77. The maximum absolute atomic E-state index is 12.3. The molecule has 8 nitrogen and oxygen atoms in total. The number of ether oxygens (including phenoxy) is 1. The van der Waals surface area contributed by atoms with Crippen LogP contribution >= 0.6 is 0 Å². The predicted molar refractivity (Wildman–Crippen MR) is 82.5 cm³/mol. The topological polar surface area (TPSA) is 84.6 Å². The lowest BCUT2D eigenvalue weighted by Crippen LogP contribution is -2.31. The highest BCUT2D eigenvalue weighted by Crippen LogP contribution is 2.19. The van der Waals surface area contributed by atoms with Crippen molar-refractivity contribution in [2.24, 2.45) is 0 Å². The molecule has 2 aromatic heterocycles. The summed E-state index contributed by atoms with van der Waals surface area (Å²) < 4.78 is 10.8. The zero-order valence-corrected chi connectivity index (χ0v) is 13.4. The van der Waals surface area contributed by atoms with Crippen LogP contribution < -0.4 is 9.64 Å². The molecule has 1 unspecified atom stereocenters. The lowest BCUT2D eigenvalue weighted by molar-refractivity contribution is 0.0761. The SMILES string of the molecule is Cc1cc(C(=O)N2CCC(Oc3cncc(N(C)C)n3)C2)no1. The van der Waals surface area contributed by atoms with Gasteiger partial charge in [0.2, 0.25) is 5.88 Å². The molecule has 0 saturated carbocycles. The van der Waals surface area contributed by atoms with Crippen molar-refractivity contribution in [2.45, 2.75) is 19.4 Å². The monoisotopic (exact) mass is 317 g/mol. The number of aromatic nitrogens is 3. The standard InChI is InChI=1S/C15H19N5O3/c1-10-6-12(18-23-10)15(21)20-5-4-11(9-20)22-14-8-16-7-13(17-14)19(2)3/h6-8,11H,4-5,9H2,1-3H3. The number of aryl methyl sites for hydroxylation is 1. The second-order valence-electron chi connectivity index (χ2n) is 5.71.